The van der Waals surface area contributed by atoms with E-state index in [1.807, 2.05) is 0 Å². The van der Waals surface area contributed by atoms with E-state index in [-0.39, 0.29) is 27.8 Å². The Morgan fingerprint density at radius 3 is 2.44 bits per heavy atom. The highest BCUT2D eigenvalue weighted by Gasteiger charge is 2.28. The van der Waals surface area contributed by atoms with Crippen molar-refractivity contribution in [3.63, 3.8) is 0 Å². The molecule has 14 nitrogen and oxygen atoms in total. The summed E-state index contributed by atoms with van der Waals surface area (Å²) in [5.41, 5.74) is 0.857. The van der Waals surface area contributed by atoms with Gasteiger partial charge in [-0.15, -0.1) is 0 Å². The molecule has 0 aliphatic heterocycles. The van der Waals surface area contributed by atoms with E-state index in [1.165, 1.54) is 35.4 Å². The number of aliphatic hydroxyl groups excluding tert-OH is 1. The SMILES string of the molecule is COc1ccc2nc(-[n+]3nc(-c4ccc(O)c(S(=O)(=O)O)c4)nn3-c3cc(S(=O)(=O)O)ccc3CO)sc2c1. The number of aromatic nitrogens is 5. The van der Waals surface area contributed by atoms with Crippen LogP contribution in [-0.2, 0) is 26.8 Å². The Labute approximate surface area is 224 Å². The molecule has 0 atom stereocenters. The number of tetrazole rings is 1. The van der Waals surface area contributed by atoms with E-state index in [9.17, 15) is 36.2 Å². The topological polar surface area (TPSA) is 206 Å². The van der Waals surface area contributed by atoms with Crippen LogP contribution in [-0.4, -0.2) is 63.2 Å². The Hall–Kier alpha value is -4.00. The van der Waals surface area contributed by atoms with Crippen LogP contribution in [0.1, 0.15) is 5.56 Å². The number of hydrogen-bond acceptors (Lipinski definition) is 11. The number of aliphatic hydroxyl groups is 1. The molecule has 0 unspecified atom stereocenters. The summed E-state index contributed by atoms with van der Waals surface area (Å²) in [6.45, 7) is -0.542. The number of methoxy groups -OCH3 is 1. The fourth-order valence-corrected chi connectivity index (χ4v) is 5.71. The van der Waals surface area contributed by atoms with Crippen LogP contribution in [0.15, 0.2) is 64.4 Å². The van der Waals surface area contributed by atoms with Gasteiger partial charge in [0.25, 0.3) is 26.1 Å². The van der Waals surface area contributed by atoms with Crippen LogP contribution in [0.3, 0.4) is 0 Å². The van der Waals surface area contributed by atoms with Crippen LogP contribution >= 0.6 is 11.3 Å². The molecule has 5 aromatic rings. The molecule has 0 saturated carbocycles. The van der Waals surface area contributed by atoms with Gasteiger partial charge in [-0.3, -0.25) is 9.11 Å². The van der Waals surface area contributed by atoms with Gasteiger partial charge in [0.1, 0.15) is 22.1 Å². The molecule has 0 radical (unpaired) electrons. The molecule has 2 heterocycles. The fourth-order valence-electron chi connectivity index (χ4n) is 3.67. The number of thiazole rings is 1. The van der Waals surface area contributed by atoms with Crippen molar-refractivity contribution in [3.8, 4) is 33.7 Å². The molecule has 0 aliphatic carbocycles. The van der Waals surface area contributed by atoms with Gasteiger partial charge < -0.3 is 14.9 Å². The molecule has 0 saturated heterocycles. The van der Waals surface area contributed by atoms with E-state index >= 15 is 0 Å². The smallest absolute Gasteiger partial charge is 0.365 e. The molecule has 5 rings (SSSR count). The number of phenols is 1. The van der Waals surface area contributed by atoms with Gasteiger partial charge in [0.05, 0.1) is 23.3 Å². The van der Waals surface area contributed by atoms with E-state index in [0.717, 1.165) is 29.1 Å². The van der Waals surface area contributed by atoms with Crippen LogP contribution in [0, 0.1) is 0 Å². The lowest BCUT2D eigenvalue weighted by atomic mass is 10.2. The second-order valence-corrected chi connectivity index (χ2v) is 11.8. The fraction of sp³-hybridized carbons (Fsp3) is 0.0909. The summed E-state index contributed by atoms with van der Waals surface area (Å²) in [5, 5.41) is 28.9. The largest absolute Gasteiger partial charge is 0.506 e. The van der Waals surface area contributed by atoms with Gasteiger partial charge in [0, 0.05) is 22.3 Å². The highest BCUT2D eigenvalue weighted by Crippen LogP contribution is 2.30. The van der Waals surface area contributed by atoms with Crippen molar-refractivity contribution in [2.75, 3.05) is 7.11 Å². The molecule has 0 fully saturated rings. The molecule has 0 amide bonds. The average Bonchev–Trinajstić information content (AvgIpc) is 3.51. The predicted molar refractivity (Wildman–Crippen MR) is 135 cm³/mol. The summed E-state index contributed by atoms with van der Waals surface area (Å²) >= 11 is 1.17. The predicted octanol–water partition coefficient (Wildman–Crippen LogP) is 1.52. The molecule has 3 aromatic carbocycles. The quantitative estimate of drug-likeness (QED) is 0.157. The zero-order chi connectivity index (χ0) is 28.1. The standard InChI is InChI=1S/C22H17N5O9S3/c1-36-14-4-6-16-19(9-14)37-22(23-16)27-25-21(12-3-7-18(29)20(8-12)39(33,34)35)24-26(27)17-10-15(38(30,31)32)5-2-13(17)11-28/h2-10,28H,11H2,1H3,(H2-,24,25,29,30,31,32,33,34,35)/p+1. The van der Waals surface area contributed by atoms with Crippen molar-refractivity contribution in [1.29, 1.82) is 0 Å². The molecule has 39 heavy (non-hydrogen) atoms. The first-order valence-electron chi connectivity index (χ1n) is 10.8. The van der Waals surface area contributed by atoms with Crippen molar-refractivity contribution >= 4 is 41.8 Å². The van der Waals surface area contributed by atoms with Gasteiger partial charge in [-0.05, 0) is 57.2 Å². The summed E-state index contributed by atoms with van der Waals surface area (Å²) < 4.78 is 72.2. The Morgan fingerprint density at radius 2 is 1.77 bits per heavy atom. The van der Waals surface area contributed by atoms with Gasteiger partial charge in [0.2, 0.25) is 0 Å². The minimum atomic E-state index is -4.80. The minimum absolute atomic E-state index is 0.0111. The highest BCUT2D eigenvalue weighted by molar-refractivity contribution is 7.86. The van der Waals surface area contributed by atoms with Gasteiger partial charge >= 0.3 is 5.13 Å². The van der Waals surface area contributed by atoms with E-state index in [1.54, 1.807) is 18.2 Å². The molecular formula is C22H18N5O9S3+. The van der Waals surface area contributed by atoms with Crippen molar-refractivity contribution in [1.82, 2.24) is 20.0 Å². The molecule has 0 spiro atoms. The summed E-state index contributed by atoms with van der Waals surface area (Å²) in [5.74, 6) is -0.231. The molecule has 2 aromatic heterocycles. The first kappa shape index (κ1) is 26.6. The summed E-state index contributed by atoms with van der Waals surface area (Å²) in [4.78, 5) is 5.59. The maximum absolute atomic E-state index is 11.9. The maximum Gasteiger partial charge on any atom is 0.365 e. The zero-order valence-electron chi connectivity index (χ0n) is 19.7. The molecule has 0 bridgehead atoms. The molecule has 17 heteroatoms. The third kappa shape index (κ3) is 5.05. The van der Waals surface area contributed by atoms with E-state index in [0.29, 0.717) is 16.0 Å². The van der Waals surface area contributed by atoms with E-state index in [4.69, 9.17) is 4.74 Å². The number of benzene rings is 3. The van der Waals surface area contributed by atoms with Gasteiger partial charge in [-0.1, -0.05) is 22.4 Å². The van der Waals surface area contributed by atoms with Crippen LogP contribution in [0.25, 0.3) is 32.4 Å². The second-order valence-electron chi connectivity index (χ2n) is 8.01. The summed E-state index contributed by atoms with van der Waals surface area (Å²) in [6.07, 6.45) is 0. The van der Waals surface area contributed by atoms with Gasteiger partial charge in [-0.25, -0.2) is 0 Å². The number of fused-ring (bicyclic) bond motifs is 1. The number of nitrogens with zero attached hydrogens (tertiary/aromatic N) is 5. The third-order valence-corrected chi connectivity index (χ3v) is 8.27. The van der Waals surface area contributed by atoms with E-state index in [2.05, 4.69) is 15.2 Å². The van der Waals surface area contributed by atoms with Crippen molar-refractivity contribution < 1.29 is 45.7 Å². The maximum atomic E-state index is 11.9. The zero-order valence-corrected chi connectivity index (χ0v) is 22.1. The number of hydrogen-bond donors (Lipinski definition) is 4. The summed E-state index contributed by atoms with van der Waals surface area (Å²) in [7, 11) is -7.92. The highest BCUT2D eigenvalue weighted by atomic mass is 32.2. The molecule has 4 N–H and O–H groups in total. The Kier molecular flexibility index (Phi) is 6.57. The monoisotopic (exact) mass is 592 g/mol. The van der Waals surface area contributed by atoms with Crippen LogP contribution in [0.4, 0.5) is 0 Å². The summed E-state index contributed by atoms with van der Waals surface area (Å²) in [6, 6.07) is 11.9. The number of phenolic OH excluding ortho intramolecular Hbond substituents is 1. The molecule has 0 aliphatic rings. The lowest BCUT2D eigenvalue weighted by Gasteiger charge is -2.07. The van der Waals surface area contributed by atoms with Gasteiger partial charge in [0.15, 0.2) is 5.52 Å². The van der Waals surface area contributed by atoms with Crippen molar-refractivity contribution in [2.24, 2.45) is 0 Å². The number of ether oxygens (including phenoxy) is 1. The van der Waals surface area contributed by atoms with Crippen LogP contribution in [0.5, 0.6) is 11.5 Å². The van der Waals surface area contributed by atoms with E-state index < -0.39 is 42.4 Å². The second kappa shape index (κ2) is 9.63. The average molecular weight is 593 g/mol. The normalized spacial score (nSPS) is 12.2. The third-order valence-electron chi connectivity index (χ3n) is 5.55. The first-order chi connectivity index (χ1) is 18.4. The molecule has 202 valence electrons. The number of rotatable bonds is 7. The van der Waals surface area contributed by atoms with Gasteiger partial charge in [-0.2, -0.15) is 16.8 Å². The van der Waals surface area contributed by atoms with Crippen LogP contribution < -0.4 is 9.53 Å². The van der Waals surface area contributed by atoms with Crippen LogP contribution in [0.2, 0.25) is 0 Å². The Bertz CT molecular complexity index is 1970. The number of aromatic hydroxyl groups is 1. The lowest BCUT2D eigenvalue weighted by molar-refractivity contribution is -0.734. The molecular weight excluding hydrogens is 574 g/mol. The Balaban J connectivity index is 1.79. The Morgan fingerprint density at radius 1 is 1.00 bits per heavy atom. The lowest BCUT2D eigenvalue weighted by Crippen LogP contribution is -2.43. The van der Waals surface area contributed by atoms with Crippen molar-refractivity contribution in [3.05, 3.63) is 60.2 Å². The van der Waals surface area contributed by atoms with Crippen molar-refractivity contribution in [2.45, 2.75) is 16.4 Å². The minimum Gasteiger partial charge on any atom is -0.506 e. The first-order valence-corrected chi connectivity index (χ1v) is 14.5.